The molecule has 1 aromatic heterocycles. The van der Waals surface area contributed by atoms with E-state index in [9.17, 15) is 9.59 Å². The van der Waals surface area contributed by atoms with Gasteiger partial charge in [-0.05, 0) is 36.4 Å². The summed E-state index contributed by atoms with van der Waals surface area (Å²) in [6, 6.07) is 14.0. The first-order chi connectivity index (χ1) is 11.1. The van der Waals surface area contributed by atoms with Crippen LogP contribution in [-0.4, -0.2) is 28.2 Å². The van der Waals surface area contributed by atoms with E-state index in [1.54, 1.807) is 42.6 Å². The van der Waals surface area contributed by atoms with Crippen LogP contribution in [0.15, 0.2) is 48.7 Å². The van der Waals surface area contributed by atoms with Gasteiger partial charge in [-0.1, -0.05) is 6.07 Å². The number of amides is 2. The number of carbonyl (C=O) groups excluding carboxylic acids is 2. The van der Waals surface area contributed by atoms with Gasteiger partial charge in [-0.2, -0.15) is 5.26 Å². The highest BCUT2D eigenvalue weighted by Crippen LogP contribution is 2.09. The van der Waals surface area contributed by atoms with Gasteiger partial charge in [0.05, 0.1) is 23.9 Å². The number of hydrogen-bond donors (Lipinski definition) is 1. The molecule has 116 valence electrons. The maximum atomic E-state index is 12.1. The van der Waals surface area contributed by atoms with Gasteiger partial charge in [0.25, 0.3) is 0 Å². The zero-order chi connectivity index (χ0) is 16.7. The minimum Gasteiger partial charge on any atom is -0.328 e. The van der Waals surface area contributed by atoms with E-state index in [0.717, 1.165) is 0 Å². The SMILES string of the molecule is CC(=O)N(CC(=O)Nc1ccc(C#N)cc1)Cc1ccccn1. The molecule has 23 heavy (non-hydrogen) atoms. The van der Waals surface area contributed by atoms with Gasteiger partial charge in [-0.3, -0.25) is 14.6 Å². The Bertz CT molecular complexity index is 721. The highest BCUT2D eigenvalue weighted by molar-refractivity contribution is 5.94. The molecule has 0 fully saturated rings. The quantitative estimate of drug-likeness (QED) is 0.914. The Morgan fingerprint density at radius 1 is 1.22 bits per heavy atom. The van der Waals surface area contributed by atoms with Crippen molar-refractivity contribution in [2.45, 2.75) is 13.5 Å². The molecular formula is C17H16N4O2. The second kappa shape index (κ2) is 7.71. The van der Waals surface area contributed by atoms with Crippen molar-refractivity contribution in [3.05, 3.63) is 59.9 Å². The van der Waals surface area contributed by atoms with Crippen LogP contribution in [0.25, 0.3) is 0 Å². The molecule has 2 rings (SSSR count). The molecule has 0 aliphatic carbocycles. The predicted molar refractivity (Wildman–Crippen MR) is 85.1 cm³/mol. The van der Waals surface area contributed by atoms with Crippen LogP contribution in [0.1, 0.15) is 18.2 Å². The predicted octanol–water partition coefficient (Wildman–Crippen LogP) is 1.94. The molecule has 0 spiro atoms. The van der Waals surface area contributed by atoms with E-state index in [1.807, 2.05) is 12.1 Å². The summed E-state index contributed by atoms with van der Waals surface area (Å²) in [5, 5.41) is 11.4. The average Bonchev–Trinajstić information content (AvgIpc) is 2.56. The van der Waals surface area contributed by atoms with Crippen molar-refractivity contribution in [2.24, 2.45) is 0 Å². The molecule has 1 heterocycles. The Kier molecular flexibility index (Phi) is 5.42. The third kappa shape index (κ3) is 4.93. The number of benzene rings is 1. The van der Waals surface area contributed by atoms with Crippen LogP contribution in [0.4, 0.5) is 5.69 Å². The Balaban J connectivity index is 1.97. The monoisotopic (exact) mass is 308 g/mol. The molecule has 0 atom stereocenters. The normalized spacial score (nSPS) is 9.74. The molecule has 0 aliphatic heterocycles. The number of nitrogens with zero attached hydrogens (tertiary/aromatic N) is 3. The van der Waals surface area contributed by atoms with Crippen molar-refractivity contribution >= 4 is 17.5 Å². The van der Waals surface area contributed by atoms with Gasteiger partial charge in [0, 0.05) is 18.8 Å². The fourth-order valence-corrected chi connectivity index (χ4v) is 1.97. The Morgan fingerprint density at radius 2 is 1.96 bits per heavy atom. The van der Waals surface area contributed by atoms with Crippen molar-refractivity contribution in [1.82, 2.24) is 9.88 Å². The van der Waals surface area contributed by atoms with Gasteiger partial charge in [0.1, 0.15) is 6.54 Å². The number of rotatable bonds is 5. The van der Waals surface area contributed by atoms with Crippen LogP contribution in [0.3, 0.4) is 0 Å². The number of carbonyl (C=O) groups is 2. The first-order valence-electron chi connectivity index (χ1n) is 7.04. The van der Waals surface area contributed by atoms with E-state index in [2.05, 4.69) is 10.3 Å². The van der Waals surface area contributed by atoms with Gasteiger partial charge in [0.2, 0.25) is 11.8 Å². The number of nitrogens with one attached hydrogen (secondary N) is 1. The Morgan fingerprint density at radius 3 is 2.52 bits per heavy atom. The molecule has 0 saturated heterocycles. The Labute approximate surface area is 134 Å². The van der Waals surface area contributed by atoms with Crippen LogP contribution < -0.4 is 5.32 Å². The van der Waals surface area contributed by atoms with Gasteiger partial charge in [-0.15, -0.1) is 0 Å². The standard InChI is InChI=1S/C17H16N4O2/c1-13(22)21(11-16-4-2-3-9-19-16)12-17(23)20-15-7-5-14(10-18)6-8-15/h2-9H,11-12H2,1H3,(H,20,23). The number of aromatic nitrogens is 1. The fraction of sp³-hybridized carbons (Fsp3) is 0.176. The third-order valence-corrected chi connectivity index (χ3v) is 3.16. The molecule has 6 nitrogen and oxygen atoms in total. The molecule has 0 unspecified atom stereocenters. The second-order valence-corrected chi connectivity index (χ2v) is 4.93. The number of hydrogen-bond acceptors (Lipinski definition) is 4. The number of pyridine rings is 1. The summed E-state index contributed by atoms with van der Waals surface area (Å²) in [4.78, 5) is 29.4. The average molecular weight is 308 g/mol. The zero-order valence-electron chi connectivity index (χ0n) is 12.7. The largest absolute Gasteiger partial charge is 0.328 e. The molecule has 0 bridgehead atoms. The second-order valence-electron chi connectivity index (χ2n) is 4.93. The van der Waals surface area contributed by atoms with Crippen LogP contribution in [-0.2, 0) is 16.1 Å². The smallest absolute Gasteiger partial charge is 0.244 e. The molecule has 6 heteroatoms. The minimum absolute atomic E-state index is 0.0636. The van der Waals surface area contributed by atoms with Crippen molar-refractivity contribution in [2.75, 3.05) is 11.9 Å². The van der Waals surface area contributed by atoms with Crippen LogP contribution in [0.5, 0.6) is 0 Å². The van der Waals surface area contributed by atoms with Gasteiger partial charge < -0.3 is 10.2 Å². The third-order valence-electron chi connectivity index (χ3n) is 3.16. The first-order valence-corrected chi connectivity index (χ1v) is 7.04. The molecule has 1 aromatic carbocycles. The summed E-state index contributed by atoms with van der Waals surface area (Å²) in [5.41, 5.74) is 1.81. The van der Waals surface area contributed by atoms with Crippen molar-refractivity contribution in [3.8, 4) is 6.07 Å². The molecule has 0 saturated carbocycles. The highest BCUT2D eigenvalue weighted by Gasteiger charge is 2.14. The van der Waals surface area contributed by atoms with Crippen molar-refractivity contribution < 1.29 is 9.59 Å². The molecule has 2 amide bonds. The molecule has 0 aliphatic rings. The fourth-order valence-electron chi connectivity index (χ4n) is 1.97. The number of nitriles is 1. The van der Waals surface area contributed by atoms with Crippen LogP contribution >= 0.6 is 0 Å². The summed E-state index contributed by atoms with van der Waals surface area (Å²) in [6.45, 7) is 1.63. The Hall–Kier alpha value is -3.20. The maximum absolute atomic E-state index is 12.1. The summed E-state index contributed by atoms with van der Waals surface area (Å²) < 4.78 is 0. The molecule has 0 radical (unpaired) electrons. The summed E-state index contributed by atoms with van der Waals surface area (Å²) in [6.07, 6.45) is 1.64. The lowest BCUT2D eigenvalue weighted by Gasteiger charge is -2.20. The van der Waals surface area contributed by atoms with E-state index < -0.39 is 0 Å². The lowest BCUT2D eigenvalue weighted by atomic mass is 10.2. The van der Waals surface area contributed by atoms with Crippen molar-refractivity contribution in [3.63, 3.8) is 0 Å². The number of anilines is 1. The van der Waals surface area contributed by atoms with E-state index in [4.69, 9.17) is 5.26 Å². The minimum atomic E-state index is -0.305. The van der Waals surface area contributed by atoms with Gasteiger partial charge in [0.15, 0.2) is 0 Å². The topological polar surface area (TPSA) is 86.1 Å². The van der Waals surface area contributed by atoms with E-state index in [0.29, 0.717) is 16.9 Å². The maximum Gasteiger partial charge on any atom is 0.244 e. The molecule has 2 aromatic rings. The van der Waals surface area contributed by atoms with E-state index in [-0.39, 0.29) is 24.9 Å². The van der Waals surface area contributed by atoms with Crippen LogP contribution in [0, 0.1) is 11.3 Å². The van der Waals surface area contributed by atoms with E-state index >= 15 is 0 Å². The lowest BCUT2D eigenvalue weighted by molar-refractivity contribution is -0.133. The first kappa shape index (κ1) is 16.2. The van der Waals surface area contributed by atoms with Gasteiger partial charge >= 0.3 is 0 Å². The van der Waals surface area contributed by atoms with Crippen LogP contribution in [0.2, 0.25) is 0 Å². The van der Waals surface area contributed by atoms with Gasteiger partial charge in [-0.25, -0.2) is 0 Å². The molecular weight excluding hydrogens is 292 g/mol. The molecule has 1 N–H and O–H groups in total. The summed E-state index contributed by atoms with van der Waals surface area (Å²) >= 11 is 0. The highest BCUT2D eigenvalue weighted by atomic mass is 16.2. The van der Waals surface area contributed by atoms with E-state index in [1.165, 1.54) is 11.8 Å². The summed E-state index contributed by atoms with van der Waals surface area (Å²) in [7, 11) is 0. The lowest BCUT2D eigenvalue weighted by Crippen LogP contribution is -2.36. The van der Waals surface area contributed by atoms with Crippen molar-refractivity contribution in [1.29, 1.82) is 5.26 Å². The zero-order valence-corrected chi connectivity index (χ0v) is 12.7. The summed E-state index contributed by atoms with van der Waals surface area (Å²) in [5.74, 6) is -0.508.